The highest BCUT2D eigenvalue weighted by Crippen LogP contribution is 2.52. The molecule has 1 aliphatic carbocycles. The Morgan fingerprint density at radius 2 is 2.11 bits per heavy atom. The zero-order valence-electron chi connectivity index (χ0n) is 19.5. The highest BCUT2D eigenvalue weighted by molar-refractivity contribution is 7.92. The molecule has 2 aliphatic rings. The normalized spacial score (nSPS) is 19.3. The zero-order chi connectivity index (χ0) is 25.7. The quantitative estimate of drug-likeness (QED) is 0.362. The number of hydrogen-bond donors (Lipinski definition) is 3. The molecule has 14 heteroatoms. The largest absolute Gasteiger partial charge is 0.505 e. The number of nitrogens with zero attached hydrogens (tertiary/aromatic N) is 3. The van der Waals surface area contributed by atoms with Crippen LogP contribution in [0.25, 0.3) is 11.3 Å². The van der Waals surface area contributed by atoms with Crippen molar-refractivity contribution >= 4 is 51.4 Å². The van der Waals surface area contributed by atoms with Gasteiger partial charge in [0.25, 0.3) is 5.56 Å². The number of anilines is 2. The summed E-state index contributed by atoms with van der Waals surface area (Å²) < 4.78 is 50.8. The van der Waals surface area contributed by atoms with E-state index in [2.05, 4.69) is 19.9 Å². The Labute approximate surface area is 211 Å². The second-order valence-electron chi connectivity index (χ2n) is 8.63. The molecule has 0 amide bonds. The maximum atomic E-state index is 13.9. The highest BCUT2D eigenvalue weighted by Gasteiger charge is 2.37. The summed E-state index contributed by atoms with van der Waals surface area (Å²) >= 11 is 1.43. The van der Waals surface area contributed by atoms with Crippen LogP contribution in [0.1, 0.15) is 25.3 Å². The van der Waals surface area contributed by atoms with Gasteiger partial charge in [-0.25, -0.2) is 13.1 Å². The van der Waals surface area contributed by atoms with E-state index in [0.717, 1.165) is 19.1 Å². The van der Waals surface area contributed by atoms with Crippen LogP contribution in [0.3, 0.4) is 0 Å². The minimum absolute atomic E-state index is 0.0472. The molecule has 36 heavy (non-hydrogen) atoms. The van der Waals surface area contributed by atoms with Crippen molar-refractivity contribution in [3.05, 3.63) is 50.9 Å². The third kappa shape index (κ3) is 4.83. The van der Waals surface area contributed by atoms with Gasteiger partial charge in [-0.1, -0.05) is 0 Å². The number of aromatic hydroxyl groups is 1. The molecule has 0 radical (unpaired) electrons. The Bertz CT molecular complexity index is 1580. The number of nitrogens with one attached hydrogen (secondary N) is 2. The standard InChI is InChI=1S/C22H24N5O6PS2/c1-3-33-34(30)17-10-15(26-36(2,31)32)6-7-16(17)23-21(25-34)18-20(28)19(14-8-9-35-12-14)24-27(22(18)29)11-13-4-5-13/h6-10,12-13,26,28H,3-5,11H2,1-2H3,(H,23,25,30). The van der Waals surface area contributed by atoms with E-state index in [9.17, 15) is 22.9 Å². The first-order valence-corrected chi connectivity index (χ1v) is 15.6. The van der Waals surface area contributed by atoms with Crippen molar-refractivity contribution in [2.45, 2.75) is 26.3 Å². The molecule has 0 saturated heterocycles. The van der Waals surface area contributed by atoms with Crippen LogP contribution in [-0.2, 0) is 25.7 Å². The molecule has 2 aromatic heterocycles. The van der Waals surface area contributed by atoms with E-state index in [-0.39, 0.29) is 40.4 Å². The average Bonchev–Trinajstić information content (AvgIpc) is 3.45. The van der Waals surface area contributed by atoms with Crippen molar-refractivity contribution in [3.63, 3.8) is 0 Å². The fraction of sp³-hybridized carbons (Fsp3) is 0.318. The van der Waals surface area contributed by atoms with E-state index in [0.29, 0.717) is 23.7 Å². The van der Waals surface area contributed by atoms with Crippen LogP contribution >= 0.6 is 18.9 Å². The van der Waals surface area contributed by atoms with Crippen molar-refractivity contribution in [2.75, 3.05) is 22.9 Å². The van der Waals surface area contributed by atoms with Gasteiger partial charge in [-0.05, 0) is 55.3 Å². The van der Waals surface area contributed by atoms with Gasteiger partial charge in [0.15, 0.2) is 11.6 Å². The summed E-state index contributed by atoms with van der Waals surface area (Å²) in [5, 5.41) is 22.4. The SMILES string of the molecule is CCOP1(=O)N=C(c2c(O)c(-c3ccsc3)nn(CC3CC3)c2=O)Nc2ccc(NS(C)(=O)=O)cc21. The van der Waals surface area contributed by atoms with Gasteiger partial charge in [0, 0.05) is 23.2 Å². The lowest BCUT2D eigenvalue weighted by atomic mass is 10.1. The summed E-state index contributed by atoms with van der Waals surface area (Å²) in [6.45, 7) is 2.10. The van der Waals surface area contributed by atoms with Gasteiger partial charge in [0.1, 0.15) is 11.3 Å². The molecule has 1 saturated carbocycles. The van der Waals surface area contributed by atoms with Gasteiger partial charge < -0.3 is 14.9 Å². The van der Waals surface area contributed by atoms with Crippen molar-refractivity contribution in [1.82, 2.24) is 9.78 Å². The lowest BCUT2D eigenvalue weighted by molar-refractivity contribution is 0.341. The van der Waals surface area contributed by atoms with Crippen LogP contribution in [-0.4, -0.2) is 42.0 Å². The third-order valence-electron chi connectivity index (χ3n) is 5.68. The molecule has 0 bridgehead atoms. The first-order chi connectivity index (χ1) is 17.1. The molecular weight excluding hydrogens is 525 g/mol. The minimum atomic E-state index is -3.95. The fourth-order valence-corrected chi connectivity index (χ4v) is 6.91. The van der Waals surface area contributed by atoms with Crippen molar-refractivity contribution < 1.29 is 22.6 Å². The van der Waals surface area contributed by atoms with E-state index in [4.69, 9.17) is 4.52 Å². The van der Waals surface area contributed by atoms with Gasteiger partial charge in [0.05, 0.1) is 23.9 Å². The number of hydrogen-bond acceptors (Lipinski definition) is 9. The summed E-state index contributed by atoms with van der Waals surface area (Å²) in [5.74, 6) is -0.146. The molecule has 190 valence electrons. The van der Waals surface area contributed by atoms with Crippen LogP contribution in [0.15, 0.2) is 44.6 Å². The summed E-state index contributed by atoms with van der Waals surface area (Å²) in [6, 6.07) is 6.18. The van der Waals surface area contributed by atoms with Crippen molar-refractivity contribution in [3.8, 4) is 17.0 Å². The second-order valence-corrected chi connectivity index (χ2v) is 13.1. The predicted molar refractivity (Wildman–Crippen MR) is 140 cm³/mol. The third-order valence-corrected chi connectivity index (χ3v) is 9.02. The minimum Gasteiger partial charge on any atom is -0.505 e. The Morgan fingerprint density at radius 3 is 2.75 bits per heavy atom. The molecule has 3 heterocycles. The van der Waals surface area contributed by atoms with Gasteiger partial charge in [0.2, 0.25) is 10.0 Å². The summed E-state index contributed by atoms with van der Waals surface area (Å²) in [5.41, 5.74) is 0.653. The van der Waals surface area contributed by atoms with Gasteiger partial charge in [-0.3, -0.25) is 14.1 Å². The summed E-state index contributed by atoms with van der Waals surface area (Å²) in [6.07, 6.45) is 3.00. The van der Waals surface area contributed by atoms with Crippen LogP contribution < -0.4 is 20.9 Å². The second kappa shape index (κ2) is 9.15. The fourth-order valence-electron chi connectivity index (χ4n) is 3.91. The maximum absolute atomic E-state index is 13.9. The average molecular weight is 550 g/mol. The number of benzene rings is 1. The first-order valence-electron chi connectivity index (χ1n) is 11.2. The molecule has 0 spiro atoms. The maximum Gasteiger partial charge on any atom is 0.348 e. The number of thiophene rings is 1. The van der Waals surface area contributed by atoms with E-state index in [1.807, 2.05) is 10.8 Å². The van der Waals surface area contributed by atoms with Crippen molar-refractivity contribution in [1.29, 1.82) is 0 Å². The van der Waals surface area contributed by atoms with Crippen LogP contribution in [0.2, 0.25) is 0 Å². The first kappa shape index (κ1) is 24.7. The lowest BCUT2D eigenvalue weighted by Gasteiger charge is -2.26. The van der Waals surface area contributed by atoms with Crippen LogP contribution in [0.5, 0.6) is 5.75 Å². The Balaban J connectivity index is 1.68. The smallest absolute Gasteiger partial charge is 0.348 e. The molecule has 5 rings (SSSR count). The number of aromatic nitrogens is 2. The van der Waals surface area contributed by atoms with Crippen molar-refractivity contribution in [2.24, 2.45) is 10.7 Å². The molecule has 1 fully saturated rings. The lowest BCUT2D eigenvalue weighted by Crippen LogP contribution is -2.35. The Morgan fingerprint density at radius 1 is 1.33 bits per heavy atom. The monoisotopic (exact) mass is 549 g/mol. The molecule has 1 aromatic carbocycles. The summed E-state index contributed by atoms with van der Waals surface area (Å²) in [7, 11) is -7.52. The van der Waals surface area contributed by atoms with Crippen LogP contribution in [0.4, 0.5) is 11.4 Å². The molecule has 11 nitrogen and oxygen atoms in total. The number of sulfonamides is 1. The van der Waals surface area contributed by atoms with E-state index < -0.39 is 23.1 Å². The topological polar surface area (TPSA) is 152 Å². The molecule has 1 unspecified atom stereocenters. The zero-order valence-corrected chi connectivity index (χ0v) is 22.0. The van der Waals surface area contributed by atoms with Gasteiger partial charge in [-0.15, -0.1) is 0 Å². The Kier molecular flexibility index (Phi) is 6.27. The molecule has 3 aromatic rings. The summed E-state index contributed by atoms with van der Waals surface area (Å²) in [4.78, 5) is 13.5. The van der Waals surface area contributed by atoms with E-state index in [1.165, 1.54) is 34.2 Å². The number of fused-ring (bicyclic) bond motifs is 1. The van der Waals surface area contributed by atoms with Crippen LogP contribution in [0, 0.1) is 5.92 Å². The van der Waals surface area contributed by atoms with Gasteiger partial charge >= 0.3 is 7.52 Å². The number of rotatable bonds is 8. The van der Waals surface area contributed by atoms with Gasteiger partial charge in [-0.2, -0.15) is 21.2 Å². The highest BCUT2D eigenvalue weighted by atomic mass is 32.2. The molecular formula is C22H24N5O6PS2. The predicted octanol–water partition coefficient (Wildman–Crippen LogP) is 3.19. The molecule has 1 atom stereocenters. The number of amidine groups is 1. The molecule has 1 aliphatic heterocycles. The van der Waals surface area contributed by atoms with E-state index >= 15 is 0 Å². The Hall–Kier alpha value is -2.99. The molecule has 3 N–H and O–H groups in total. The van der Waals surface area contributed by atoms with E-state index in [1.54, 1.807) is 13.0 Å².